The molecule has 144 valence electrons. The quantitative estimate of drug-likeness (QED) is 0.713. The summed E-state index contributed by atoms with van der Waals surface area (Å²) in [6, 6.07) is 13.3. The first kappa shape index (κ1) is 18.2. The van der Waals surface area contributed by atoms with Gasteiger partial charge in [-0.2, -0.15) is 0 Å². The summed E-state index contributed by atoms with van der Waals surface area (Å²) < 4.78 is 29.6. The van der Waals surface area contributed by atoms with Crippen LogP contribution in [0.1, 0.15) is 12.8 Å². The number of aryl methyl sites for hydroxylation is 1. The van der Waals surface area contributed by atoms with E-state index in [1.54, 1.807) is 52.2 Å². The molecule has 0 radical (unpaired) electrons. The van der Waals surface area contributed by atoms with E-state index in [4.69, 9.17) is 0 Å². The van der Waals surface area contributed by atoms with E-state index < -0.39 is 10.0 Å². The first-order valence-corrected chi connectivity index (χ1v) is 10.3. The Morgan fingerprint density at radius 3 is 2.32 bits per heavy atom. The first-order valence-electron chi connectivity index (χ1n) is 8.82. The molecule has 1 fully saturated rings. The van der Waals surface area contributed by atoms with Gasteiger partial charge in [-0.3, -0.25) is 9.52 Å². The van der Waals surface area contributed by atoms with Crippen LogP contribution in [-0.2, 0) is 21.9 Å². The number of anilines is 2. The smallest absolute Gasteiger partial charge is 0.261 e. The third-order valence-electron chi connectivity index (χ3n) is 4.64. The van der Waals surface area contributed by atoms with Crippen LogP contribution in [0.25, 0.3) is 11.4 Å². The fourth-order valence-electron chi connectivity index (χ4n) is 3.17. The van der Waals surface area contributed by atoms with E-state index in [0.29, 0.717) is 24.5 Å². The number of nitrogens with one attached hydrogen (secondary N) is 1. The summed E-state index contributed by atoms with van der Waals surface area (Å²) in [5.74, 6) is 0.762. The van der Waals surface area contributed by atoms with Crippen molar-refractivity contribution in [3.63, 3.8) is 0 Å². The lowest BCUT2D eigenvalue weighted by molar-refractivity contribution is -0.117. The highest BCUT2D eigenvalue weighted by Crippen LogP contribution is 2.25. The van der Waals surface area contributed by atoms with Gasteiger partial charge in [0.15, 0.2) is 5.82 Å². The van der Waals surface area contributed by atoms with Crippen LogP contribution in [0.4, 0.5) is 11.4 Å². The van der Waals surface area contributed by atoms with E-state index in [2.05, 4.69) is 14.9 Å². The third kappa shape index (κ3) is 3.48. The van der Waals surface area contributed by atoms with Gasteiger partial charge in [-0.25, -0.2) is 8.42 Å². The lowest BCUT2D eigenvalue weighted by atomic mass is 10.2. The van der Waals surface area contributed by atoms with Crippen LogP contribution in [0, 0.1) is 0 Å². The highest BCUT2D eigenvalue weighted by Gasteiger charge is 2.22. The molecule has 1 aliphatic heterocycles. The average molecular weight is 397 g/mol. The molecule has 1 saturated heterocycles. The van der Waals surface area contributed by atoms with Crippen molar-refractivity contribution >= 4 is 27.3 Å². The van der Waals surface area contributed by atoms with Gasteiger partial charge in [-0.15, -0.1) is 10.2 Å². The second-order valence-electron chi connectivity index (χ2n) is 6.59. The number of hydrogen-bond donors (Lipinski definition) is 1. The number of hydrogen-bond acceptors (Lipinski definition) is 5. The minimum atomic E-state index is -3.73. The molecule has 2 heterocycles. The van der Waals surface area contributed by atoms with Gasteiger partial charge in [0, 0.05) is 37.0 Å². The van der Waals surface area contributed by atoms with Gasteiger partial charge in [0.2, 0.25) is 5.91 Å². The highest BCUT2D eigenvalue weighted by atomic mass is 32.2. The monoisotopic (exact) mass is 397 g/mol. The molecular weight excluding hydrogens is 378 g/mol. The Kier molecular flexibility index (Phi) is 4.60. The van der Waals surface area contributed by atoms with Gasteiger partial charge >= 0.3 is 0 Å². The van der Waals surface area contributed by atoms with Crippen LogP contribution < -0.4 is 9.62 Å². The maximum Gasteiger partial charge on any atom is 0.261 e. The van der Waals surface area contributed by atoms with E-state index in [1.807, 2.05) is 7.05 Å². The summed E-state index contributed by atoms with van der Waals surface area (Å²) in [7, 11) is -1.89. The summed E-state index contributed by atoms with van der Waals surface area (Å²) in [4.78, 5) is 13.6. The molecule has 1 amide bonds. The van der Waals surface area contributed by atoms with Crippen molar-refractivity contribution < 1.29 is 13.2 Å². The molecule has 0 bridgehead atoms. The molecule has 4 rings (SSSR count). The molecular formula is C19H19N5O3S. The Morgan fingerprint density at radius 1 is 1.04 bits per heavy atom. The molecule has 0 unspecified atom stereocenters. The molecule has 0 spiro atoms. The number of carbonyl (C=O) groups is 1. The normalized spacial score (nSPS) is 14.5. The lowest BCUT2D eigenvalue weighted by Gasteiger charge is -2.16. The zero-order valence-corrected chi connectivity index (χ0v) is 16.1. The molecule has 28 heavy (non-hydrogen) atoms. The number of sulfonamides is 1. The van der Waals surface area contributed by atoms with Crippen LogP contribution in [0.3, 0.4) is 0 Å². The van der Waals surface area contributed by atoms with E-state index >= 15 is 0 Å². The molecule has 0 saturated carbocycles. The molecule has 0 aliphatic carbocycles. The van der Waals surface area contributed by atoms with Crippen molar-refractivity contribution in [2.45, 2.75) is 17.7 Å². The fraction of sp³-hybridized carbons (Fsp3) is 0.211. The lowest BCUT2D eigenvalue weighted by Crippen LogP contribution is -2.23. The fourth-order valence-corrected chi connectivity index (χ4v) is 4.23. The van der Waals surface area contributed by atoms with Crippen LogP contribution in [-0.4, -0.2) is 35.6 Å². The van der Waals surface area contributed by atoms with Crippen molar-refractivity contribution in [2.24, 2.45) is 7.05 Å². The van der Waals surface area contributed by atoms with Gasteiger partial charge in [0.25, 0.3) is 10.0 Å². The third-order valence-corrected chi connectivity index (χ3v) is 6.04. The van der Waals surface area contributed by atoms with Crippen LogP contribution in [0.15, 0.2) is 59.8 Å². The van der Waals surface area contributed by atoms with Gasteiger partial charge < -0.3 is 9.47 Å². The highest BCUT2D eigenvalue weighted by molar-refractivity contribution is 7.92. The van der Waals surface area contributed by atoms with E-state index in [1.165, 1.54) is 12.1 Å². The predicted octanol–water partition coefficient (Wildman–Crippen LogP) is 2.41. The Morgan fingerprint density at radius 2 is 1.75 bits per heavy atom. The van der Waals surface area contributed by atoms with Crippen molar-refractivity contribution in [2.75, 3.05) is 16.2 Å². The summed E-state index contributed by atoms with van der Waals surface area (Å²) in [6.45, 7) is 0.668. The van der Waals surface area contributed by atoms with Crippen LogP contribution in [0.5, 0.6) is 0 Å². The topological polar surface area (TPSA) is 97.2 Å². The number of carbonyl (C=O) groups excluding carboxylic acids is 1. The van der Waals surface area contributed by atoms with E-state index in [0.717, 1.165) is 17.7 Å². The molecule has 9 heteroatoms. The Hall–Kier alpha value is -3.20. The van der Waals surface area contributed by atoms with Crippen molar-refractivity contribution in [3.05, 3.63) is 54.9 Å². The second kappa shape index (κ2) is 7.08. The van der Waals surface area contributed by atoms with Gasteiger partial charge in [-0.1, -0.05) is 0 Å². The standard InChI is InChI=1S/C19H19N5O3S/c1-23-13-20-21-19(23)14-4-6-15(7-5-14)22-28(26,27)17-10-8-16(9-11-17)24-12-2-3-18(24)25/h4-11,13,22H,2-3,12H2,1H3. The second-order valence-corrected chi connectivity index (χ2v) is 8.27. The number of nitrogens with zero attached hydrogens (tertiary/aromatic N) is 4. The van der Waals surface area contributed by atoms with Gasteiger partial charge in [0.05, 0.1) is 4.90 Å². The first-order chi connectivity index (χ1) is 13.4. The van der Waals surface area contributed by atoms with Crippen molar-refractivity contribution in [3.8, 4) is 11.4 Å². The average Bonchev–Trinajstić information content (AvgIpc) is 3.30. The Labute approximate surface area is 162 Å². The number of benzene rings is 2. The maximum atomic E-state index is 12.6. The molecule has 1 aliphatic rings. The number of aromatic nitrogens is 3. The minimum absolute atomic E-state index is 0.0664. The summed E-state index contributed by atoms with van der Waals surface area (Å²) in [6.07, 6.45) is 2.96. The zero-order chi connectivity index (χ0) is 19.7. The van der Waals surface area contributed by atoms with E-state index in [9.17, 15) is 13.2 Å². The van der Waals surface area contributed by atoms with Crippen molar-refractivity contribution in [1.82, 2.24) is 14.8 Å². The SMILES string of the molecule is Cn1cnnc1-c1ccc(NS(=O)(=O)c2ccc(N3CCCC3=O)cc2)cc1. The zero-order valence-electron chi connectivity index (χ0n) is 15.2. The molecule has 1 N–H and O–H groups in total. The maximum absolute atomic E-state index is 12.6. The minimum Gasteiger partial charge on any atom is -0.317 e. The van der Waals surface area contributed by atoms with Crippen LogP contribution in [0.2, 0.25) is 0 Å². The Bertz CT molecular complexity index is 1110. The largest absolute Gasteiger partial charge is 0.317 e. The van der Waals surface area contributed by atoms with Gasteiger partial charge in [0.1, 0.15) is 6.33 Å². The Balaban J connectivity index is 1.51. The predicted molar refractivity (Wildman–Crippen MR) is 105 cm³/mol. The number of amides is 1. The van der Waals surface area contributed by atoms with Crippen LogP contribution >= 0.6 is 0 Å². The van der Waals surface area contributed by atoms with Crippen molar-refractivity contribution in [1.29, 1.82) is 0 Å². The molecule has 8 nitrogen and oxygen atoms in total. The number of rotatable bonds is 5. The summed E-state index contributed by atoms with van der Waals surface area (Å²) >= 11 is 0. The summed E-state index contributed by atoms with van der Waals surface area (Å²) in [5, 5.41) is 7.87. The molecule has 3 aromatic rings. The molecule has 1 aromatic heterocycles. The summed E-state index contributed by atoms with van der Waals surface area (Å²) in [5.41, 5.74) is 2.00. The van der Waals surface area contributed by atoms with Gasteiger partial charge in [-0.05, 0) is 55.0 Å². The molecule has 0 atom stereocenters. The van der Waals surface area contributed by atoms with E-state index in [-0.39, 0.29) is 10.8 Å². The molecule has 2 aromatic carbocycles.